The Hall–Kier alpha value is -2.82. The Balaban J connectivity index is 1.66. The van der Waals surface area contributed by atoms with E-state index in [1.165, 1.54) is 14.1 Å². The Bertz CT molecular complexity index is 1300. The standard InChI is InChI=1S/C18H20N6O5/c1-19-13(25)21-9-3-4-10(22(21)14(19)26)18-8-29-7-17(9,18)11-5-6-12(18)24-16(28)20(2)15(27)23(11)24/h3-4,9-12H,5-8H2,1-2H3/t9-,10?,11?,12+,17?,18+/m0/s1. The van der Waals surface area contributed by atoms with Crippen molar-refractivity contribution >= 4 is 0 Å². The zero-order chi connectivity index (χ0) is 20.0. The number of allylic oxidation sites excluding steroid dienone is 2. The summed E-state index contributed by atoms with van der Waals surface area (Å²) in [5.74, 6) is 0. The van der Waals surface area contributed by atoms with Gasteiger partial charge in [0.1, 0.15) is 0 Å². The first-order valence-electron chi connectivity index (χ1n) is 9.94. The van der Waals surface area contributed by atoms with Gasteiger partial charge >= 0.3 is 22.8 Å². The highest BCUT2D eigenvalue weighted by Crippen LogP contribution is 2.75. The molecule has 11 nitrogen and oxygen atoms in total. The second kappa shape index (κ2) is 4.35. The molecule has 2 aromatic rings. The lowest BCUT2D eigenvalue weighted by atomic mass is 9.44. The summed E-state index contributed by atoms with van der Waals surface area (Å²) >= 11 is 0. The van der Waals surface area contributed by atoms with E-state index in [2.05, 4.69) is 0 Å². The van der Waals surface area contributed by atoms with Crippen LogP contribution in [-0.4, -0.2) is 41.1 Å². The Labute approximate surface area is 162 Å². The Kier molecular flexibility index (Phi) is 2.40. The minimum absolute atomic E-state index is 0.273. The van der Waals surface area contributed by atoms with Crippen LogP contribution in [0.4, 0.5) is 0 Å². The van der Waals surface area contributed by atoms with Crippen molar-refractivity contribution in [2.45, 2.75) is 37.0 Å². The first-order chi connectivity index (χ1) is 13.9. The van der Waals surface area contributed by atoms with Crippen LogP contribution in [0.2, 0.25) is 0 Å². The molecule has 6 atom stereocenters. The summed E-state index contributed by atoms with van der Waals surface area (Å²) < 4.78 is 14.7. The van der Waals surface area contributed by atoms with E-state index in [0.717, 1.165) is 22.0 Å². The van der Waals surface area contributed by atoms with Crippen LogP contribution in [0.1, 0.15) is 37.0 Å². The van der Waals surface area contributed by atoms with Crippen LogP contribution in [0.3, 0.4) is 0 Å². The molecule has 0 N–H and O–H groups in total. The number of aromatic nitrogens is 6. The molecule has 29 heavy (non-hydrogen) atoms. The van der Waals surface area contributed by atoms with Crippen LogP contribution in [0.15, 0.2) is 31.3 Å². The minimum Gasteiger partial charge on any atom is -0.380 e. The molecule has 152 valence electrons. The first kappa shape index (κ1) is 16.0. The van der Waals surface area contributed by atoms with Crippen LogP contribution < -0.4 is 22.8 Å². The average molecular weight is 400 g/mol. The van der Waals surface area contributed by atoms with Crippen molar-refractivity contribution < 1.29 is 4.74 Å². The summed E-state index contributed by atoms with van der Waals surface area (Å²) in [5.41, 5.74) is -2.48. The van der Waals surface area contributed by atoms with E-state index < -0.39 is 22.9 Å². The second-order valence-corrected chi connectivity index (χ2v) is 9.08. The van der Waals surface area contributed by atoms with E-state index in [1.54, 1.807) is 18.7 Å². The lowest BCUT2D eigenvalue weighted by molar-refractivity contribution is -0.186. The molecule has 1 saturated heterocycles. The average Bonchev–Trinajstić information content (AvgIpc) is 3.35. The molecule has 0 amide bonds. The zero-order valence-electron chi connectivity index (χ0n) is 16.0. The van der Waals surface area contributed by atoms with E-state index in [-0.39, 0.29) is 34.8 Å². The Morgan fingerprint density at radius 1 is 0.724 bits per heavy atom. The quantitative estimate of drug-likeness (QED) is 0.489. The molecule has 0 aromatic carbocycles. The molecule has 2 aliphatic carbocycles. The van der Waals surface area contributed by atoms with Crippen LogP contribution in [0, 0.1) is 10.8 Å². The Morgan fingerprint density at radius 2 is 1.10 bits per heavy atom. The molecule has 1 saturated carbocycles. The normalized spacial score (nSPS) is 40.1. The van der Waals surface area contributed by atoms with Gasteiger partial charge in [0, 0.05) is 14.1 Å². The lowest BCUT2D eigenvalue weighted by Gasteiger charge is -2.67. The smallest absolute Gasteiger partial charge is 0.347 e. The van der Waals surface area contributed by atoms with Gasteiger partial charge in [-0.2, -0.15) is 0 Å². The summed E-state index contributed by atoms with van der Waals surface area (Å²) in [4.78, 5) is 51.9. The number of fused-ring (bicyclic) bond motifs is 1. The third-order valence-electron chi connectivity index (χ3n) is 8.50. The largest absolute Gasteiger partial charge is 0.380 e. The molecule has 7 aliphatic rings. The topological polar surface area (TPSA) is 107 Å². The summed E-state index contributed by atoms with van der Waals surface area (Å²) in [6, 6.07) is -1.35. The molecule has 5 aliphatic heterocycles. The molecule has 11 heteroatoms. The third-order valence-corrected chi connectivity index (χ3v) is 8.50. The molecule has 2 aromatic heterocycles. The monoisotopic (exact) mass is 400 g/mol. The van der Waals surface area contributed by atoms with Gasteiger partial charge in [-0.25, -0.2) is 47.0 Å². The Morgan fingerprint density at radius 3 is 1.52 bits per heavy atom. The van der Waals surface area contributed by atoms with Gasteiger partial charge in [0.15, 0.2) is 0 Å². The highest BCUT2D eigenvalue weighted by molar-refractivity contribution is 5.33. The molecule has 2 fully saturated rings. The number of rotatable bonds is 0. The van der Waals surface area contributed by atoms with Crippen molar-refractivity contribution in [1.29, 1.82) is 0 Å². The number of hydrogen-bond donors (Lipinski definition) is 0. The van der Waals surface area contributed by atoms with Crippen molar-refractivity contribution in [3.05, 3.63) is 54.1 Å². The molecule has 3 unspecified atom stereocenters. The summed E-state index contributed by atoms with van der Waals surface area (Å²) in [6.07, 6.45) is 5.47. The van der Waals surface area contributed by atoms with E-state index in [1.807, 2.05) is 12.2 Å². The van der Waals surface area contributed by atoms with Crippen molar-refractivity contribution in [1.82, 2.24) is 27.9 Å². The molecular formula is C18H20N6O5. The van der Waals surface area contributed by atoms with Gasteiger partial charge in [0.05, 0.1) is 48.2 Å². The molecule has 7 heterocycles. The molecule has 0 spiro atoms. The number of hydrogen-bond acceptors (Lipinski definition) is 5. The molecular weight excluding hydrogens is 380 g/mol. The predicted octanol–water partition coefficient (Wildman–Crippen LogP) is -1.73. The van der Waals surface area contributed by atoms with Crippen LogP contribution in [0.25, 0.3) is 0 Å². The highest BCUT2D eigenvalue weighted by atomic mass is 16.5. The first-order valence-corrected chi connectivity index (χ1v) is 9.94. The fourth-order valence-corrected chi connectivity index (χ4v) is 7.47. The SMILES string of the molecule is Cn1c(=O)n2n(c1=O)[C@H]1C=CC2[C@@]23COCC12C1CC[C@H]3n2c(=O)n(C)c(=O)n21. The number of ether oxygens (including phenoxy) is 1. The summed E-state index contributed by atoms with van der Waals surface area (Å²) in [5, 5.41) is 0. The summed E-state index contributed by atoms with van der Waals surface area (Å²) in [7, 11) is 3.00. The van der Waals surface area contributed by atoms with Crippen LogP contribution >= 0.6 is 0 Å². The fraction of sp³-hybridized carbons (Fsp3) is 0.667. The van der Waals surface area contributed by atoms with Gasteiger partial charge in [0.2, 0.25) is 0 Å². The van der Waals surface area contributed by atoms with Gasteiger partial charge in [-0.1, -0.05) is 12.2 Å². The van der Waals surface area contributed by atoms with Gasteiger partial charge in [-0.3, -0.25) is 0 Å². The maximum Gasteiger partial charge on any atom is 0.347 e. The molecule has 9 rings (SSSR count). The van der Waals surface area contributed by atoms with Crippen molar-refractivity contribution in [3.63, 3.8) is 0 Å². The summed E-state index contributed by atoms with van der Waals surface area (Å²) in [6.45, 7) is 0.787. The van der Waals surface area contributed by atoms with Gasteiger partial charge < -0.3 is 4.74 Å². The fourth-order valence-electron chi connectivity index (χ4n) is 7.47. The maximum atomic E-state index is 13.0. The van der Waals surface area contributed by atoms with Gasteiger partial charge in [0.25, 0.3) is 0 Å². The van der Waals surface area contributed by atoms with Crippen LogP contribution in [0.5, 0.6) is 0 Å². The third kappa shape index (κ3) is 1.25. The maximum absolute atomic E-state index is 13.0. The minimum atomic E-state index is -0.551. The van der Waals surface area contributed by atoms with Crippen molar-refractivity contribution in [3.8, 4) is 0 Å². The van der Waals surface area contributed by atoms with E-state index in [4.69, 9.17) is 4.74 Å². The second-order valence-electron chi connectivity index (χ2n) is 9.08. The highest BCUT2D eigenvalue weighted by Gasteiger charge is 2.78. The van der Waals surface area contributed by atoms with Gasteiger partial charge in [-0.05, 0) is 12.8 Å². The number of nitrogens with zero attached hydrogens (tertiary/aromatic N) is 6. The molecule has 0 radical (unpaired) electrons. The van der Waals surface area contributed by atoms with E-state index in [0.29, 0.717) is 13.2 Å². The van der Waals surface area contributed by atoms with E-state index >= 15 is 0 Å². The van der Waals surface area contributed by atoms with Crippen molar-refractivity contribution in [2.24, 2.45) is 24.9 Å². The lowest BCUT2D eigenvalue weighted by Crippen LogP contribution is -2.72. The zero-order valence-corrected chi connectivity index (χ0v) is 16.0. The predicted molar refractivity (Wildman–Crippen MR) is 98.1 cm³/mol. The van der Waals surface area contributed by atoms with Crippen LogP contribution in [-0.2, 0) is 18.8 Å². The molecule has 4 bridgehead atoms. The van der Waals surface area contributed by atoms with E-state index in [9.17, 15) is 19.2 Å². The van der Waals surface area contributed by atoms with Gasteiger partial charge in [-0.15, -0.1) is 0 Å². The van der Waals surface area contributed by atoms with Crippen molar-refractivity contribution in [2.75, 3.05) is 13.2 Å².